The molecule has 1 unspecified atom stereocenters. The van der Waals surface area contributed by atoms with Crippen molar-refractivity contribution in [2.24, 2.45) is 5.73 Å². The molecule has 1 atom stereocenters. The first-order valence-electron chi connectivity index (χ1n) is 7.15. The van der Waals surface area contributed by atoms with E-state index >= 15 is 0 Å². The Bertz CT molecular complexity index is 510. The van der Waals surface area contributed by atoms with E-state index < -0.39 is 0 Å². The predicted octanol–water partition coefficient (Wildman–Crippen LogP) is 1.94. The number of carbonyl (C=O) groups excluding carboxylic acids is 2. The molecule has 1 saturated heterocycles. The number of benzene rings is 1. The molecule has 2 rings (SSSR count). The molecule has 0 saturated carbocycles. The Kier molecular flexibility index (Phi) is 7.85. The van der Waals surface area contributed by atoms with E-state index in [-0.39, 0.29) is 30.3 Å². The van der Waals surface area contributed by atoms with E-state index in [1.807, 2.05) is 17.0 Å². The number of nitrogens with one attached hydrogen (secondary N) is 1. The summed E-state index contributed by atoms with van der Waals surface area (Å²) in [6.45, 7) is 1.64. The Labute approximate surface area is 145 Å². The van der Waals surface area contributed by atoms with Crippen molar-refractivity contribution in [2.45, 2.75) is 25.3 Å². The van der Waals surface area contributed by atoms with Gasteiger partial charge in [-0.15, -0.1) is 12.4 Å². The molecule has 2 amide bonds. The summed E-state index contributed by atoms with van der Waals surface area (Å²) in [4.78, 5) is 25.8. The van der Waals surface area contributed by atoms with Gasteiger partial charge in [-0.25, -0.2) is 0 Å². The van der Waals surface area contributed by atoms with Gasteiger partial charge in [-0.1, -0.05) is 15.9 Å². The van der Waals surface area contributed by atoms with Gasteiger partial charge in [0.25, 0.3) is 5.91 Å². The zero-order valence-corrected chi connectivity index (χ0v) is 14.7. The highest BCUT2D eigenvalue weighted by Crippen LogP contribution is 2.17. The zero-order valence-electron chi connectivity index (χ0n) is 12.3. The van der Waals surface area contributed by atoms with Crippen LogP contribution < -0.4 is 11.1 Å². The molecule has 1 fully saturated rings. The SMILES string of the molecule is Cl.NCC1CCCN1C(=O)CCNC(=O)c1ccc(Br)cc1. The van der Waals surface area contributed by atoms with Crippen molar-refractivity contribution in [3.63, 3.8) is 0 Å². The largest absolute Gasteiger partial charge is 0.352 e. The fourth-order valence-electron chi connectivity index (χ4n) is 2.54. The normalized spacial score (nSPS) is 17.0. The number of nitrogens with two attached hydrogens (primary N) is 1. The van der Waals surface area contributed by atoms with Gasteiger partial charge >= 0.3 is 0 Å². The fourth-order valence-corrected chi connectivity index (χ4v) is 2.80. The second-order valence-corrected chi connectivity index (χ2v) is 6.05. The Balaban J connectivity index is 0.00000242. The van der Waals surface area contributed by atoms with Gasteiger partial charge in [-0.3, -0.25) is 9.59 Å². The molecule has 0 bridgehead atoms. The van der Waals surface area contributed by atoms with Crippen molar-refractivity contribution >= 4 is 40.2 Å². The van der Waals surface area contributed by atoms with E-state index in [0.717, 1.165) is 23.9 Å². The van der Waals surface area contributed by atoms with Gasteiger partial charge in [-0.2, -0.15) is 0 Å². The van der Waals surface area contributed by atoms with Gasteiger partial charge in [0.2, 0.25) is 5.91 Å². The molecular weight excluding hydrogens is 370 g/mol. The van der Waals surface area contributed by atoms with Crippen molar-refractivity contribution < 1.29 is 9.59 Å². The highest BCUT2D eigenvalue weighted by molar-refractivity contribution is 9.10. The van der Waals surface area contributed by atoms with Gasteiger partial charge in [0, 0.05) is 42.1 Å². The summed E-state index contributed by atoms with van der Waals surface area (Å²) in [5.41, 5.74) is 6.25. The summed E-state index contributed by atoms with van der Waals surface area (Å²) < 4.78 is 0.927. The topological polar surface area (TPSA) is 75.4 Å². The average molecular weight is 391 g/mol. The molecule has 1 aromatic carbocycles. The smallest absolute Gasteiger partial charge is 0.251 e. The highest BCUT2D eigenvalue weighted by Gasteiger charge is 2.26. The van der Waals surface area contributed by atoms with Crippen LogP contribution in [0.1, 0.15) is 29.6 Å². The molecular formula is C15H21BrClN3O2. The minimum absolute atomic E-state index is 0. The van der Waals surface area contributed by atoms with Crippen LogP contribution in [0, 0.1) is 0 Å². The minimum Gasteiger partial charge on any atom is -0.352 e. The van der Waals surface area contributed by atoms with Crippen molar-refractivity contribution in [3.8, 4) is 0 Å². The summed E-state index contributed by atoms with van der Waals surface area (Å²) in [7, 11) is 0. The van der Waals surface area contributed by atoms with Crippen LogP contribution in [-0.2, 0) is 4.79 Å². The lowest BCUT2D eigenvalue weighted by Crippen LogP contribution is -2.41. The second kappa shape index (κ2) is 9.12. The van der Waals surface area contributed by atoms with Crippen molar-refractivity contribution in [1.29, 1.82) is 0 Å². The quantitative estimate of drug-likeness (QED) is 0.807. The van der Waals surface area contributed by atoms with Gasteiger partial charge in [0.15, 0.2) is 0 Å². The van der Waals surface area contributed by atoms with Gasteiger partial charge < -0.3 is 16.0 Å². The van der Waals surface area contributed by atoms with Gasteiger partial charge in [0.1, 0.15) is 0 Å². The Morgan fingerprint density at radius 3 is 2.64 bits per heavy atom. The van der Waals surface area contributed by atoms with Crippen LogP contribution in [0.3, 0.4) is 0 Å². The van der Waals surface area contributed by atoms with Gasteiger partial charge in [-0.05, 0) is 37.1 Å². The van der Waals surface area contributed by atoms with Crippen molar-refractivity contribution in [2.75, 3.05) is 19.6 Å². The maximum atomic E-state index is 12.1. The maximum Gasteiger partial charge on any atom is 0.251 e. The number of halogens is 2. The Hall–Kier alpha value is -1.11. The molecule has 1 aromatic rings. The van der Waals surface area contributed by atoms with E-state index in [9.17, 15) is 9.59 Å². The van der Waals surface area contributed by atoms with Crippen molar-refractivity contribution in [1.82, 2.24) is 10.2 Å². The molecule has 0 aromatic heterocycles. The second-order valence-electron chi connectivity index (χ2n) is 5.13. The summed E-state index contributed by atoms with van der Waals surface area (Å²) in [6.07, 6.45) is 2.31. The third-order valence-corrected chi connectivity index (χ3v) is 4.23. The third-order valence-electron chi connectivity index (χ3n) is 3.70. The van der Waals surface area contributed by atoms with Crippen LogP contribution in [0.15, 0.2) is 28.7 Å². The molecule has 122 valence electrons. The lowest BCUT2D eigenvalue weighted by molar-refractivity contribution is -0.131. The third kappa shape index (κ3) is 4.97. The number of nitrogens with zero attached hydrogens (tertiary/aromatic N) is 1. The molecule has 1 heterocycles. The first-order valence-corrected chi connectivity index (χ1v) is 7.94. The van der Waals surface area contributed by atoms with Crippen LogP contribution in [0.25, 0.3) is 0 Å². The number of carbonyl (C=O) groups is 2. The van der Waals surface area contributed by atoms with Crippen molar-refractivity contribution in [3.05, 3.63) is 34.3 Å². The van der Waals surface area contributed by atoms with E-state index in [0.29, 0.717) is 25.1 Å². The lowest BCUT2D eigenvalue weighted by Gasteiger charge is -2.23. The molecule has 1 aliphatic heterocycles. The highest BCUT2D eigenvalue weighted by atomic mass is 79.9. The number of rotatable bonds is 5. The Morgan fingerprint density at radius 1 is 1.32 bits per heavy atom. The zero-order chi connectivity index (χ0) is 15.2. The molecule has 1 aliphatic rings. The summed E-state index contributed by atoms with van der Waals surface area (Å²) in [5.74, 6) is -0.0915. The van der Waals surface area contributed by atoms with Crippen LogP contribution in [0.2, 0.25) is 0 Å². The van der Waals surface area contributed by atoms with Crippen LogP contribution in [-0.4, -0.2) is 42.4 Å². The summed E-state index contributed by atoms with van der Waals surface area (Å²) >= 11 is 3.32. The number of amides is 2. The molecule has 3 N–H and O–H groups in total. The minimum atomic E-state index is -0.160. The van der Waals surface area contributed by atoms with Gasteiger partial charge in [0.05, 0.1) is 0 Å². The average Bonchev–Trinajstić information content (AvgIpc) is 2.96. The van der Waals surface area contributed by atoms with E-state index in [2.05, 4.69) is 21.2 Å². The molecule has 5 nitrogen and oxygen atoms in total. The number of hydrogen-bond donors (Lipinski definition) is 2. The fraction of sp³-hybridized carbons (Fsp3) is 0.467. The molecule has 22 heavy (non-hydrogen) atoms. The number of likely N-dealkylation sites (tertiary alicyclic amines) is 1. The monoisotopic (exact) mass is 389 g/mol. The van der Waals surface area contributed by atoms with Crippen LogP contribution in [0.4, 0.5) is 0 Å². The predicted molar refractivity (Wildman–Crippen MR) is 92.1 cm³/mol. The molecule has 0 aliphatic carbocycles. The summed E-state index contributed by atoms with van der Waals surface area (Å²) in [6, 6.07) is 7.28. The van der Waals surface area contributed by atoms with E-state index in [4.69, 9.17) is 5.73 Å². The van der Waals surface area contributed by atoms with E-state index in [1.165, 1.54) is 0 Å². The maximum absolute atomic E-state index is 12.1. The van der Waals surface area contributed by atoms with Crippen LogP contribution in [0.5, 0.6) is 0 Å². The lowest BCUT2D eigenvalue weighted by atomic mass is 10.2. The first kappa shape index (κ1) is 18.9. The first-order chi connectivity index (χ1) is 10.1. The summed E-state index contributed by atoms with van der Waals surface area (Å²) in [5, 5.41) is 2.77. The van der Waals surface area contributed by atoms with Crippen LogP contribution >= 0.6 is 28.3 Å². The number of hydrogen-bond acceptors (Lipinski definition) is 3. The standard InChI is InChI=1S/C15H20BrN3O2.ClH/c16-12-5-3-11(4-6-12)15(21)18-8-7-14(20)19-9-1-2-13(19)10-17;/h3-6,13H,1-2,7-10,17H2,(H,18,21);1H. The Morgan fingerprint density at radius 2 is 2.00 bits per heavy atom. The van der Waals surface area contributed by atoms with E-state index in [1.54, 1.807) is 12.1 Å². The molecule has 7 heteroatoms. The molecule has 0 spiro atoms. The molecule has 0 radical (unpaired) electrons.